The first-order chi connectivity index (χ1) is 14.9. The van der Waals surface area contributed by atoms with Crippen molar-refractivity contribution in [1.82, 2.24) is 0 Å². The molecule has 4 nitrogen and oxygen atoms in total. The normalized spacial score (nSPS) is 12.3. The van der Waals surface area contributed by atoms with E-state index in [1.54, 1.807) is 0 Å². The van der Waals surface area contributed by atoms with Gasteiger partial charge in [-0.2, -0.15) is 0 Å². The van der Waals surface area contributed by atoms with Crippen LogP contribution in [0.3, 0.4) is 0 Å². The van der Waals surface area contributed by atoms with E-state index in [4.69, 9.17) is 0 Å². The molecular formula is C27H53KO4. The van der Waals surface area contributed by atoms with Crippen molar-refractivity contribution in [3.05, 3.63) is 0 Å². The molecule has 32 heavy (non-hydrogen) atoms. The Kier molecular flexibility index (Phi) is 25.3. The number of rotatable bonds is 23. The maximum atomic E-state index is 12.0. The van der Waals surface area contributed by atoms with Gasteiger partial charge in [0.1, 0.15) is 0 Å². The molecule has 0 spiro atoms. The summed E-state index contributed by atoms with van der Waals surface area (Å²) >= 11 is 0. The van der Waals surface area contributed by atoms with Gasteiger partial charge in [-0.05, 0) is 18.8 Å². The van der Waals surface area contributed by atoms with Crippen LogP contribution in [-0.4, -0.2) is 22.2 Å². The molecule has 0 aromatic carbocycles. The van der Waals surface area contributed by atoms with Gasteiger partial charge in [0, 0.05) is 0 Å². The number of carbonyl (C=O) groups is 2. The first kappa shape index (κ1) is 34.7. The first-order valence-electron chi connectivity index (χ1n) is 13.4. The largest absolute Gasteiger partial charge is 1.00 e. The van der Waals surface area contributed by atoms with Crippen molar-refractivity contribution in [3.63, 3.8) is 0 Å². The minimum atomic E-state index is -1.61. The van der Waals surface area contributed by atoms with Crippen molar-refractivity contribution in [2.75, 3.05) is 0 Å². The second-order valence-electron chi connectivity index (χ2n) is 9.69. The quantitative estimate of drug-likeness (QED) is 0.111. The third-order valence-corrected chi connectivity index (χ3v) is 6.81. The zero-order valence-electron chi connectivity index (χ0n) is 22.9. The monoisotopic (exact) mass is 480 g/mol. The molecule has 0 heterocycles. The molecule has 1 unspecified atom stereocenters. The molecule has 0 aromatic rings. The van der Waals surface area contributed by atoms with E-state index in [2.05, 4.69) is 13.8 Å². The number of unbranched alkanes of at least 4 members (excludes halogenated alkanes) is 13. The number of carboxylic acid groups (broad SMARTS) is 2. The van der Waals surface area contributed by atoms with Crippen molar-refractivity contribution < 1.29 is 72.6 Å². The van der Waals surface area contributed by atoms with Crippen molar-refractivity contribution in [1.29, 1.82) is 0 Å². The van der Waals surface area contributed by atoms with Crippen molar-refractivity contribution >= 4 is 11.9 Å². The Morgan fingerprint density at radius 1 is 0.625 bits per heavy atom. The van der Waals surface area contributed by atoms with Gasteiger partial charge in [0.15, 0.2) is 5.41 Å². The standard InChI is InChI=1S/C27H52O4.K.H/c1-4-7-9-11-12-13-14-15-17-19-21-24(20-18-16-10-8-5-2)23-27(22-6-3,25(28)29)26(30)31;;/h24H,4-23H2,1-3H3,(H,28,29)(H,30,31);;/q;+1;-1. The molecule has 0 fully saturated rings. The Balaban J connectivity index is -0.00000450. The van der Waals surface area contributed by atoms with E-state index in [0.717, 1.165) is 25.7 Å². The minimum Gasteiger partial charge on any atom is -1.00 e. The predicted molar refractivity (Wildman–Crippen MR) is 132 cm³/mol. The van der Waals surface area contributed by atoms with Gasteiger partial charge in [-0.1, -0.05) is 136 Å². The Labute approximate surface area is 243 Å². The zero-order chi connectivity index (χ0) is 23.4. The van der Waals surface area contributed by atoms with Gasteiger partial charge in [-0.15, -0.1) is 0 Å². The molecule has 0 saturated heterocycles. The Hall–Kier alpha value is 0.576. The van der Waals surface area contributed by atoms with Gasteiger partial charge < -0.3 is 11.6 Å². The molecule has 186 valence electrons. The number of hydrogen-bond acceptors (Lipinski definition) is 2. The molecule has 0 aliphatic carbocycles. The molecule has 1 atom stereocenters. The summed E-state index contributed by atoms with van der Waals surface area (Å²) in [4.78, 5) is 23.9. The SMILES string of the molecule is CCCCCCCCCCCCC(CCCCCCC)CC(CCC)(C(=O)O)C(=O)O.[H-].[K+]. The minimum absolute atomic E-state index is 0. The van der Waals surface area contributed by atoms with E-state index < -0.39 is 17.4 Å². The van der Waals surface area contributed by atoms with Gasteiger partial charge in [-0.25, -0.2) is 0 Å². The van der Waals surface area contributed by atoms with Gasteiger partial charge in [-0.3, -0.25) is 9.59 Å². The van der Waals surface area contributed by atoms with E-state index in [0.29, 0.717) is 6.42 Å². The summed E-state index contributed by atoms with van der Waals surface area (Å²) in [6.45, 7) is 6.33. The third kappa shape index (κ3) is 16.2. The van der Waals surface area contributed by atoms with Gasteiger partial charge in [0.25, 0.3) is 0 Å². The summed E-state index contributed by atoms with van der Waals surface area (Å²) in [6, 6.07) is 0. The average Bonchev–Trinajstić information content (AvgIpc) is 2.73. The zero-order valence-corrected chi connectivity index (χ0v) is 25.1. The molecule has 0 aliphatic heterocycles. The summed E-state index contributed by atoms with van der Waals surface area (Å²) in [5.74, 6) is -2.10. The Morgan fingerprint density at radius 3 is 1.28 bits per heavy atom. The topological polar surface area (TPSA) is 74.6 Å². The van der Waals surface area contributed by atoms with Crippen LogP contribution < -0.4 is 51.4 Å². The second-order valence-corrected chi connectivity index (χ2v) is 9.69. The van der Waals surface area contributed by atoms with Crippen LogP contribution >= 0.6 is 0 Å². The van der Waals surface area contributed by atoms with E-state index in [9.17, 15) is 19.8 Å². The van der Waals surface area contributed by atoms with Gasteiger partial charge in [0.05, 0.1) is 0 Å². The van der Waals surface area contributed by atoms with Crippen molar-refractivity contribution in [2.45, 2.75) is 149 Å². The van der Waals surface area contributed by atoms with E-state index in [1.165, 1.54) is 83.5 Å². The van der Waals surface area contributed by atoms with Crippen LogP contribution in [0.2, 0.25) is 0 Å². The molecule has 0 rings (SSSR count). The van der Waals surface area contributed by atoms with E-state index in [1.807, 2.05) is 6.92 Å². The van der Waals surface area contributed by atoms with Gasteiger partial charge in [0.2, 0.25) is 0 Å². The smallest absolute Gasteiger partial charge is 1.00 e. The predicted octanol–water partition coefficient (Wildman–Crippen LogP) is 5.74. The molecule has 2 N–H and O–H groups in total. The second kappa shape index (κ2) is 23.3. The molecule has 0 aliphatic rings. The fourth-order valence-corrected chi connectivity index (χ4v) is 4.81. The van der Waals surface area contributed by atoms with Crippen LogP contribution in [0.25, 0.3) is 0 Å². The fourth-order valence-electron chi connectivity index (χ4n) is 4.81. The fraction of sp³-hybridized carbons (Fsp3) is 0.926. The summed E-state index contributed by atoms with van der Waals surface area (Å²) in [5, 5.41) is 19.6. The van der Waals surface area contributed by atoms with E-state index >= 15 is 0 Å². The maximum Gasteiger partial charge on any atom is 1.00 e. The average molecular weight is 481 g/mol. The molecule has 0 saturated carbocycles. The van der Waals surface area contributed by atoms with E-state index in [-0.39, 0.29) is 71.6 Å². The van der Waals surface area contributed by atoms with Crippen LogP contribution in [0, 0.1) is 11.3 Å². The summed E-state index contributed by atoms with van der Waals surface area (Å²) in [5.41, 5.74) is -1.61. The van der Waals surface area contributed by atoms with Gasteiger partial charge >= 0.3 is 63.3 Å². The maximum absolute atomic E-state index is 12.0. The van der Waals surface area contributed by atoms with Crippen molar-refractivity contribution in [3.8, 4) is 0 Å². The molecule has 0 radical (unpaired) electrons. The Morgan fingerprint density at radius 2 is 0.969 bits per heavy atom. The summed E-state index contributed by atoms with van der Waals surface area (Å²) in [6.07, 6.45) is 21.8. The third-order valence-electron chi connectivity index (χ3n) is 6.81. The number of carboxylic acids is 2. The van der Waals surface area contributed by atoms with Crippen LogP contribution in [0.5, 0.6) is 0 Å². The molecule has 0 bridgehead atoms. The molecule has 0 aromatic heterocycles. The Bertz CT molecular complexity index is 445. The molecule has 5 heteroatoms. The number of hydrogen-bond donors (Lipinski definition) is 2. The molecule has 0 amide bonds. The van der Waals surface area contributed by atoms with Crippen LogP contribution in [-0.2, 0) is 9.59 Å². The van der Waals surface area contributed by atoms with Crippen LogP contribution in [0.4, 0.5) is 0 Å². The first-order valence-corrected chi connectivity index (χ1v) is 13.4. The summed E-state index contributed by atoms with van der Waals surface area (Å²) < 4.78 is 0. The van der Waals surface area contributed by atoms with Crippen LogP contribution in [0.15, 0.2) is 0 Å². The summed E-state index contributed by atoms with van der Waals surface area (Å²) in [7, 11) is 0. The molecular weight excluding hydrogens is 427 g/mol. The van der Waals surface area contributed by atoms with Crippen LogP contribution in [0.1, 0.15) is 151 Å². The number of aliphatic carboxylic acids is 2. The van der Waals surface area contributed by atoms with Crippen molar-refractivity contribution in [2.24, 2.45) is 11.3 Å².